The number of carbonyl (C=O) groups is 2. The number of carboxylic acids is 1. The second kappa shape index (κ2) is 7.27. The lowest BCUT2D eigenvalue weighted by Gasteiger charge is -2.33. The molecular formula is C17H20N2O4S. The zero-order valence-corrected chi connectivity index (χ0v) is 14.3. The van der Waals surface area contributed by atoms with Gasteiger partial charge in [0.1, 0.15) is 0 Å². The number of ether oxygens (including phenoxy) is 1. The van der Waals surface area contributed by atoms with Crippen LogP contribution in [0.15, 0.2) is 23.7 Å². The van der Waals surface area contributed by atoms with Crippen molar-refractivity contribution in [1.82, 2.24) is 9.88 Å². The first-order valence-corrected chi connectivity index (χ1v) is 8.89. The molecule has 1 aliphatic rings. The number of rotatable bonds is 4. The Kier molecular flexibility index (Phi) is 5.11. The van der Waals surface area contributed by atoms with E-state index in [1.165, 1.54) is 4.90 Å². The lowest BCUT2D eigenvalue weighted by Crippen LogP contribution is -2.42. The summed E-state index contributed by atoms with van der Waals surface area (Å²) < 4.78 is 6.42. The molecule has 1 atom stereocenters. The van der Waals surface area contributed by atoms with Crippen LogP contribution in [0.4, 0.5) is 0 Å². The van der Waals surface area contributed by atoms with Crippen LogP contribution in [-0.2, 0) is 14.3 Å². The molecule has 1 aromatic carbocycles. The number of hydrogen-bond acceptors (Lipinski definition) is 5. The lowest BCUT2D eigenvalue weighted by atomic mass is 9.97. The minimum absolute atomic E-state index is 0.271. The molecule has 6 nitrogen and oxygen atoms in total. The first-order valence-electron chi connectivity index (χ1n) is 8.01. The number of aliphatic carboxylic acids is 1. The largest absolute Gasteiger partial charge is 0.474 e. The van der Waals surface area contributed by atoms with E-state index >= 15 is 0 Å². The summed E-state index contributed by atoms with van der Waals surface area (Å²) >= 11 is 1.56. The van der Waals surface area contributed by atoms with Crippen LogP contribution in [0.5, 0.6) is 0 Å². The molecule has 1 aliphatic heterocycles. The third-order valence-electron chi connectivity index (χ3n) is 4.54. The second-order valence-electron chi connectivity index (χ2n) is 6.07. The third-order valence-corrected chi connectivity index (χ3v) is 5.35. The van der Waals surface area contributed by atoms with Gasteiger partial charge in [-0.05, 0) is 43.4 Å². The second-order valence-corrected chi connectivity index (χ2v) is 6.96. The number of hydrogen-bond donors (Lipinski definition) is 1. The van der Waals surface area contributed by atoms with Gasteiger partial charge in [-0.15, -0.1) is 11.3 Å². The van der Waals surface area contributed by atoms with E-state index in [2.05, 4.69) is 4.98 Å². The van der Waals surface area contributed by atoms with Gasteiger partial charge in [-0.3, -0.25) is 4.79 Å². The highest BCUT2D eigenvalue weighted by molar-refractivity contribution is 7.16. The van der Waals surface area contributed by atoms with Gasteiger partial charge >= 0.3 is 11.9 Å². The van der Waals surface area contributed by atoms with E-state index < -0.39 is 11.9 Å². The van der Waals surface area contributed by atoms with Crippen molar-refractivity contribution in [2.24, 2.45) is 5.92 Å². The zero-order valence-electron chi connectivity index (χ0n) is 13.5. The van der Waals surface area contributed by atoms with E-state index in [1.807, 2.05) is 25.1 Å². The molecule has 1 N–H and O–H groups in total. The summed E-state index contributed by atoms with van der Waals surface area (Å²) in [5.74, 6) is -2.00. The molecule has 7 heteroatoms. The molecule has 0 spiro atoms. The summed E-state index contributed by atoms with van der Waals surface area (Å²) in [4.78, 5) is 29.3. The third kappa shape index (κ3) is 3.57. The number of aromatic nitrogens is 1. The molecule has 0 saturated carbocycles. The van der Waals surface area contributed by atoms with Crippen LogP contribution in [0.25, 0.3) is 10.2 Å². The number of amides is 1. The molecule has 1 fully saturated rings. The number of carboxylic acid groups (broad SMARTS) is 1. The normalized spacial score (nSPS) is 16.9. The summed E-state index contributed by atoms with van der Waals surface area (Å²) in [6.45, 7) is 3.64. The zero-order chi connectivity index (χ0) is 17.1. The fourth-order valence-electron chi connectivity index (χ4n) is 3.06. The molecule has 0 aliphatic carbocycles. The van der Waals surface area contributed by atoms with Gasteiger partial charge in [0, 0.05) is 19.8 Å². The van der Waals surface area contributed by atoms with Gasteiger partial charge in [0.05, 0.1) is 21.8 Å². The number of benzene rings is 1. The maximum Gasteiger partial charge on any atom is 0.394 e. The summed E-state index contributed by atoms with van der Waals surface area (Å²) in [7, 11) is 0. The predicted octanol–water partition coefficient (Wildman–Crippen LogP) is 2.70. The molecule has 3 rings (SSSR count). The number of carbonyl (C=O) groups excluding carboxylic acids is 1. The van der Waals surface area contributed by atoms with E-state index in [9.17, 15) is 14.7 Å². The van der Waals surface area contributed by atoms with E-state index in [4.69, 9.17) is 4.74 Å². The Labute approximate surface area is 144 Å². The Morgan fingerprint density at radius 3 is 2.88 bits per heavy atom. The summed E-state index contributed by atoms with van der Waals surface area (Å²) in [5.41, 5.74) is 3.55. The highest BCUT2D eigenvalue weighted by Crippen LogP contribution is 2.28. The van der Waals surface area contributed by atoms with Crippen molar-refractivity contribution < 1.29 is 19.4 Å². The van der Waals surface area contributed by atoms with Crippen molar-refractivity contribution in [2.75, 3.05) is 19.8 Å². The monoisotopic (exact) mass is 348 g/mol. The Balaban J connectivity index is 1.84. The molecule has 2 aromatic rings. The van der Waals surface area contributed by atoms with Gasteiger partial charge in [0.2, 0.25) is 0 Å². The number of thiazole rings is 1. The van der Waals surface area contributed by atoms with Crippen LogP contribution in [0.3, 0.4) is 0 Å². The molecule has 128 valence electrons. The van der Waals surface area contributed by atoms with Crippen molar-refractivity contribution in [2.45, 2.75) is 25.8 Å². The SMILES string of the molecule is CC(c1ccc2scnc2c1)N(CC1CCOCC1)C(=O)C(=O)O. The molecule has 0 radical (unpaired) electrons. The van der Waals surface area contributed by atoms with Crippen LogP contribution in [0.1, 0.15) is 31.4 Å². The van der Waals surface area contributed by atoms with Crippen LogP contribution in [0.2, 0.25) is 0 Å². The van der Waals surface area contributed by atoms with Gasteiger partial charge in [0.25, 0.3) is 0 Å². The van der Waals surface area contributed by atoms with E-state index in [1.54, 1.807) is 16.8 Å². The summed E-state index contributed by atoms with van der Waals surface area (Å²) in [6.07, 6.45) is 1.70. The first-order chi connectivity index (χ1) is 11.6. The van der Waals surface area contributed by atoms with Gasteiger partial charge in [0.15, 0.2) is 0 Å². The molecule has 2 heterocycles. The highest BCUT2D eigenvalue weighted by atomic mass is 32.1. The number of fused-ring (bicyclic) bond motifs is 1. The topological polar surface area (TPSA) is 79.7 Å². The first kappa shape index (κ1) is 16.9. The molecule has 1 saturated heterocycles. The lowest BCUT2D eigenvalue weighted by molar-refractivity contribution is -0.157. The fraction of sp³-hybridized carbons (Fsp3) is 0.471. The molecule has 1 unspecified atom stereocenters. The average Bonchev–Trinajstić information content (AvgIpc) is 3.07. The molecule has 0 bridgehead atoms. The van der Waals surface area contributed by atoms with Crippen LogP contribution in [0, 0.1) is 5.92 Å². The quantitative estimate of drug-likeness (QED) is 0.860. The minimum atomic E-state index is -1.41. The maximum absolute atomic E-state index is 12.2. The van der Waals surface area contributed by atoms with Gasteiger partial charge in [-0.2, -0.15) is 0 Å². The molecule has 1 aromatic heterocycles. The van der Waals surface area contributed by atoms with Crippen LogP contribution in [-0.4, -0.2) is 46.6 Å². The van der Waals surface area contributed by atoms with Crippen molar-refractivity contribution in [3.05, 3.63) is 29.3 Å². The smallest absolute Gasteiger partial charge is 0.394 e. The Bertz CT molecular complexity index is 739. The summed E-state index contributed by atoms with van der Waals surface area (Å²) in [5, 5.41) is 9.19. The van der Waals surface area contributed by atoms with Crippen molar-refractivity contribution in [3.63, 3.8) is 0 Å². The Morgan fingerprint density at radius 2 is 2.17 bits per heavy atom. The maximum atomic E-state index is 12.2. The predicted molar refractivity (Wildman–Crippen MR) is 90.9 cm³/mol. The van der Waals surface area contributed by atoms with E-state index in [0.29, 0.717) is 19.8 Å². The van der Waals surface area contributed by atoms with Crippen LogP contribution < -0.4 is 0 Å². The Hall–Kier alpha value is -1.99. The number of nitrogens with zero attached hydrogens (tertiary/aromatic N) is 2. The highest BCUT2D eigenvalue weighted by Gasteiger charge is 2.30. The molecule has 24 heavy (non-hydrogen) atoms. The Morgan fingerprint density at radius 1 is 1.42 bits per heavy atom. The standard InChI is InChI=1S/C17H20N2O4S/c1-11(13-2-3-15-14(8-13)18-10-24-15)19(16(20)17(21)22)9-12-4-6-23-7-5-12/h2-3,8,10-12H,4-7,9H2,1H3,(H,21,22). The molecule has 1 amide bonds. The van der Waals surface area contributed by atoms with Gasteiger partial charge < -0.3 is 14.7 Å². The summed E-state index contributed by atoms with van der Waals surface area (Å²) in [6, 6.07) is 5.53. The minimum Gasteiger partial charge on any atom is -0.474 e. The fourth-order valence-corrected chi connectivity index (χ4v) is 3.72. The van der Waals surface area contributed by atoms with E-state index in [-0.39, 0.29) is 12.0 Å². The van der Waals surface area contributed by atoms with Gasteiger partial charge in [-0.25, -0.2) is 9.78 Å². The van der Waals surface area contributed by atoms with E-state index in [0.717, 1.165) is 28.6 Å². The molecular weight excluding hydrogens is 328 g/mol. The average molecular weight is 348 g/mol. The van der Waals surface area contributed by atoms with Gasteiger partial charge in [-0.1, -0.05) is 6.07 Å². The van der Waals surface area contributed by atoms with Crippen LogP contribution >= 0.6 is 11.3 Å². The van der Waals surface area contributed by atoms with Crippen molar-refractivity contribution >= 4 is 33.4 Å². The van der Waals surface area contributed by atoms with Crippen molar-refractivity contribution in [1.29, 1.82) is 0 Å². The van der Waals surface area contributed by atoms with Crippen molar-refractivity contribution in [3.8, 4) is 0 Å².